The van der Waals surface area contributed by atoms with Crippen molar-refractivity contribution in [2.24, 2.45) is 5.14 Å². The maximum absolute atomic E-state index is 11.9. The predicted octanol–water partition coefficient (Wildman–Crippen LogP) is 0.541. The Hall–Kier alpha value is -1.45. The van der Waals surface area contributed by atoms with Crippen LogP contribution in [-0.4, -0.2) is 37.2 Å². The number of nitrogens with two attached hydrogens (primary N) is 1. The number of amides is 1. The van der Waals surface area contributed by atoms with Crippen LogP contribution in [-0.2, 0) is 14.8 Å². The van der Waals surface area contributed by atoms with Crippen LogP contribution < -0.4 is 10.0 Å². The molecule has 1 saturated heterocycles. The van der Waals surface area contributed by atoms with Crippen LogP contribution in [0.15, 0.2) is 22.7 Å². The fourth-order valence-corrected chi connectivity index (χ4v) is 3.21. The number of sulfonamides is 1. The summed E-state index contributed by atoms with van der Waals surface area (Å²) in [6, 6.07) is 4.26. The minimum atomic E-state index is -3.80. The van der Waals surface area contributed by atoms with Gasteiger partial charge in [0.25, 0.3) is 0 Å². The van der Waals surface area contributed by atoms with Crippen LogP contribution in [0.3, 0.4) is 0 Å². The monoisotopic (exact) mass is 362 g/mol. The fourth-order valence-electron chi connectivity index (χ4n) is 2.00. The molecule has 2 rings (SSSR count). The minimum Gasteiger partial charge on any atom is -0.478 e. The fraction of sp³-hybridized carbons (Fsp3) is 0.273. The lowest BCUT2D eigenvalue weighted by Gasteiger charge is -2.17. The van der Waals surface area contributed by atoms with Crippen molar-refractivity contribution >= 4 is 43.5 Å². The van der Waals surface area contributed by atoms with E-state index in [1.807, 2.05) is 0 Å². The van der Waals surface area contributed by atoms with Crippen LogP contribution in [0.2, 0.25) is 0 Å². The van der Waals surface area contributed by atoms with E-state index in [-0.39, 0.29) is 18.5 Å². The number of aromatic carboxylic acids is 1. The normalized spacial score (nSPS) is 19.4. The molecule has 0 aliphatic carbocycles. The van der Waals surface area contributed by atoms with E-state index in [0.29, 0.717) is 10.2 Å². The van der Waals surface area contributed by atoms with E-state index >= 15 is 0 Å². The van der Waals surface area contributed by atoms with Gasteiger partial charge in [0.05, 0.1) is 5.56 Å². The number of primary sulfonamides is 1. The number of nitrogens with zero attached hydrogens (tertiary/aromatic N) is 1. The first-order valence-electron chi connectivity index (χ1n) is 5.54. The highest BCUT2D eigenvalue weighted by Gasteiger charge is 2.37. The van der Waals surface area contributed by atoms with Crippen molar-refractivity contribution in [3.05, 3.63) is 28.2 Å². The van der Waals surface area contributed by atoms with E-state index in [1.54, 1.807) is 6.07 Å². The van der Waals surface area contributed by atoms with Gasteiger partial charge < -0.3 is 10.0 Å². The van der Waals surface area contributed by atoms with Gasteiger partial charge in [-0.15, -0.1) is 0 Å². The van der Waals surface area contributed by atoms with Crippen molar-refractivity contribution < 1.29 is 23.1 Å². The van der Waals surface area contributed by atoms with Gasteiger partial charge in [0.2, 0.25) is 15.9 Å². The summed E-state index contributed by atoms with van der Waals surface area (Å²) in [7, 11) is -3.80. The van der Waals surface area contributed by atoms with E-state index in [9.17, 15) is 18.0 Å². The van der Waals surface area contributed by atoms with Gasteiger partial charge in [-0.2, -0.15) is 0 Å². The van der Waals surface area contributed by atoms with E-state index in [0.717, 1.165) is 0 Å². The van der Waals surface area contributed by atoms with Gasteiger partial charge in [0.1, 0.15) is 5.25 Å². The zero-order chi connectivity index (χ0) is 15.1. The topological polar surface area (TPSA) is 118 Å². The van der Waals surface area contributed by atoms with Crippen LogP contribution in [0.1, 0.15) is 16.8 Å². The zero-order valence-corrected chi connectivity index (χ0v) is 12.5. The van der Waals surface area contributed by atoms with Crippen molar-refractivity contribution in [2.45, 2.75) is 11.7 Å². The Morgan fingerprint density at radius 3 is 2.55 bits per heavy atom. The summed E-state index contributed by atoms with van der Waals surface area (Å²) in [4.78, 5) is 24.1. The molecule has 20 heavy (non-hydrogen) atoms. The highest BCUT2D eigenvalue weighted by atomic mass is 79.9. The molecule has 0 saturated carbocycles. The second-order valence-corrected chi connectivity index (χ2v) is 7.18. The summed E-state index contributed by atoms with van der Waals surface area (Å²) < 4.78 is 23.1. The van der Waals surface area contributed by atoms with Crippen molar-refractivity contribution in [2.75, 3.05) is 11.4 Å². The number of hydrogen-bond acceptors (Lipinski definition) is 4. The zero-order valence-electron chi connectivity index (χ0n) is 10.1. The average molecular weight is 363 g/mol. The molecule has 108 valence electrons. The summed E-state index contributed by atoms with van der Waals surface area (Å²) in [6.45, 7) is -0.0762. The molecule has 1 atom stereocenters. The molecule has 1 fully saturated rings. The first kappa shape index (κ1) is 14.9. The minimum absolute atomic E-state index is 0.00114. The van der Waals surface area contributed by atoms with Crippen LogP contribution >= 0.6 is 15.9 Å². The number of carbonyl (C=O) groups is 2. The molecule has 0 spiro atoms. The quantitative estimate of drug-likeness (QED) is 0.813. The molecule has 7 nitrogen and oxygen atoms in total. The van der Waals surface area contributed by atoms with Crippen molar-refractivity contribution in [1.29, 1.82) is 0 Å². The number of rotatable bonds is 3. The summed E-state index contributed by atoms with van der Waals surface area (Å²) in [5.74, 6) is -1.54. The number of carbonyl (C=O) groups excluding carboxylic acids is 1. The first-order valence-corrected chi connectivity index (χ1v) is 7.94. The number of carboxylic acid groups (broad SMARTS) is 1. The number of benzene rings is 1. The second-order valence-electron chi connectivity index (χ2n) is 4.42. The molecule has 9 heteroatoms. The Kier molecular flexibility index (Phi) is 3.85. The molecule has 1 aromatic rings. The SMILES string of the molecule is NS(=O)(=O)C1CC(=O)N(c2cc(Br)cc(C(=O)O)c2)C1. The molecule has 0 bridgehead atoms. The Labute approximate surface area is 123 Å². The van der Waals surface area contributed by atoms with Crippen LogP contribution in [0.4, 0.5) is 5.69 Å². The Bertz CT molecular complexity index is 688. The predicted molar refractivity (Wildman–Crippen MR) is 75.0 cm³/mol. The van der Waals surface area contributed by atoms with Gasteiger partial charge in [-0.1, -0.05) is 15.9 Å². The Morgan fingerprint density at radius 1 is 1.40 bits per heavy atom. The molecule has 1 unspecified atom stereocenters. The Balaban J connectivity index is 2.38. The van der Waals surface area contributed by atoms with Crippen molar-refractivity contribution in [1.82, 2.24) is 0 Å². The first-order chi connectivity index (χ1) is 9.18. The molecule has 1 aliphatic rings. The third-order valence-electron chi connectivity index (χ3n) is 3.00. The standard InChI is InChI=1S/C11H11BrN2O5S/c12-7-1-6(11(16)17)2-8(3-7)14-5-9(4-10(14)15)20(13,18)19/h1-3,9H,4-5H2,(H,16,17)(H2,13,18,19). The molecule has 1 heterocycles. The smallest absolute Gasteiger partial charge is 0.335 e. The van der Waals surface area contributed by atoms with E-state index in [4.69, 9.17) is 10.2 Å². The molecule has 1 aromatic carbocycles. The van der Waals surface area contributed by atoms with E-state index < -0.39 is 27.1 Å². The van der Waals surface area contributed by atoms with Gasteiger partial charge in [-0.25, -0.2) is 18.4 Å². The van der Waals surface area contributed by atoms with Gasteiger partial charge in [0.15, 0.2) is 0 Å². The van der Waals surface area contributed by atoms with Gasteiger partial charge in [-0.05, 0) is 18.2 Å². The van der Waals surface area contributed by atoms with Crippen LogP contribution in [0.25, 0.3) is 0 Å². The summed E-state index contributed by atoms with van der Waals surface area (Å²) in [5.41, 5.74) is 0.328. The maximum Gasteiger partial charge on any atom is 0.335 e. The molecule has 0 radical (unpaired) electrons. The number of anilines is 1. The average Bonchev–Trinajstić information content (AvgIpc) is 2.70. The number of carboxylic acids is 1. The van der Waals surface area contributed by atoms with Gasteiger partial charge in [-0.3, -0.25) is 4.79 Å². The van der Waals surface area contributed by atoms with Crippen LogP contribution in [0.5, 0.6) is 0 Å². The summed E-state index contributed by atoms with van der Waals surface area (Å²) in [5, 5.41) is 13.1. The Morgan fingerprint density at radius 2 is 2.05 bits per heavy atom. The number of hydrogen-bond donors (Lipinski definition) is 2. The molecular weight excluding hydrogens is 352 g/mol. The summed E-state index contributed by atoms with van der Waals surface area (Å²) >= 11 is 3.16. The third-order valence-corrected chi connectivity index (χ3v) is 4.70. The lowest BCUT2D eigenvalue weighted by atomic mass is 10.2. The lowest BCUT2D eigenvalue weighted by molar-refractivity contribution is -0.117. The molecule has 0 aromatic heterocycles. The van der Waals surface area contributed by atoms with E-state index in [2.05, 4.69) is 15.9 Å². The van der Waals surface area contributed by atoms with E-state index in [1.165, 1.54) is 17.0 Å². The largest absolute Gasteiger partial charge is 0.478 e. The molecular formula is C11H11BrN2O5S. The number of halogens is 1. The van der Waals surface area contributed by atoms with Crippen molar-refractivity contribution in [3.63, 3.8) is 0 Å². The highest BCUT2D eigenvalue weighted by Crippen LogP contribution is 2.28. The molecule has 1 amide bonds. The van der Waals surface area contributed by atoms with Crippen LogP contribution in [0, 0.1) is 0 Å². The lowest BCUT2D eigenvalue weighted by Crippen LogP contribution is -2.32. The maximum atomic E-state index is 11.9. The van der Waals surface area contributed by atoms with Crippen molar-refractivity contribution in [3.8, 4) is 0 Å². The molecule has 1 aliphatic heterocycles. The summed E-state index contributed by atoms with van der Waals surface area (Å²) in [6.07, 6.45) is -0.201. The van der Waals surface area contributed by atoms with Gasteiger partial charge in [0, 0.05) is 23.1 Å². The molecule has 3 N–H and O–H groups in total. The van der Waals surface area contributed by atoms with Gasteiger partial charge >= 0.3 is 5.97 Å². The second kappa shape index (κ2) is 5.15. The third kappa shape index (κ3) is 3.00. The highest BCUT2D eigenvalue weighted by molar-refractivity contribution is 9.10.